The molecule has 0 N–H and O–H groups in total. The Morgan fingerprint density at radius 2 is 2.21 bits per heavy atom. The number of aromatic nitrogens is 3. The Kier molecular flexibility index (Phi) is 4.87. The summed E-state index contributed by atoms with van der Waals surface area (Å²) in [5.74, 6) is 1.92. The SMILES string of the molecule is O=C(Cc1noc2ccccc12)N1CCCC1Cn1nc2c(cc1=O)CSCC2. The Hall–Kier alpha value is -2.61. The van der Waals surface area contributed by atoms with Crippen LogP contribution in [0.25, 0.3) is 11.0 Å². The molecule has 1 aromatic carbocycles. The lowest BCUT2D eigenvalue weighted by Gasteiger charge is -2.25. The second-order valence-corrected chi connectivity index (χ2v) is 8.73. The smallest absolute Gasteiger partial charge is 0.267 e. The Bertz CT molecular complexity index is 1120. The van der Waals surface area contributed by atoms with Gasteiger partial charge in [-0.1, -0.05) is 17.3 Å². The van der Waals surface area contributed by atoms with E-state index in [0.717, 1.165) is 47.4 Å². The van der Waals surface area contributed by atoms with Crippen molar-refractivity contribution < 1.29 is 9.32 Å². The van der Waals surface area contributed by atoms with Crippen molar-refractivity contribution in [1.29, 1.82) is 0 Å². The Balaban J connectivity index is 1.34. The van der Waals surface area contributed by atoms with Crippen LogP contribution in [-0.4, -0.2) is 44.1 Å². The largest absolute Gasteiger partial charge is 0.356 e. The predicted octanol–water partition coefficient (Wildman–Crippen LogP) is 2.41. The highest BCUT2D eigenvalue weighted by Gasteiger charge is 2.30. The zero-order chi connectivity index (χ0) is 19.8. The third kappa shape index (κ3) is 3.57. The molecular formula is C21H22N4O3S. The molecule has 4 heterocycles. The molecular weight excluding hydrogens is 388 g/mol. The van der Waals surface area contributed by atoms with E-state index in [1.165, 1.54) is 0 Å². The van der Waals surface area contributed by atoms with E-state index in [1.54, 1.807) is 10.7 Å². The number of benzene rings is 1. The number of nitrogens with zero attached hydrogens (tertiary/aromatic N) is 4. The van der Waals surface area contributed by atoms with Crippen molar-refractivity contribution in [2.45, 2.75) is 44.0 Å². The minimum Gasteiger partial charge on any atom is -0.356 e. The Morgan fingerprint density at radius 1 is 1.31 bits per heavy atom. The first-order valence-corrected chi connectivity index (χ1v) is 11.1. The van der Waals surface area contributed by atoms with Gasteiger partial charge >= 0.3 is 0 Å². The zero-order valence-corrected chi connectivity index (χ0v) is 16.9. The number of amides is 1. The van der Waals surface area contributed by atoms with Crippen LogP contribution in [0.5, 0.6) is 0 Å². The summed E-state index contributed by atoms with van der Waals surface area (Å²) in [6.07, 6.45) is 2.92. The molecule has 7 nitrogen and oxygen atoms in total. The standard InChI is InChI=1S/C21H22N4O3S/c26-20(11-18-16-5-1-2-6-19(16)28-23-18)24-8-3-4-15(24)12-25-21(27)10-14-13-29-9-7-17(14)22-25/h1-2,5-6,10,15H,3-4,7-9,11-13H2. The van der Waals surface area contributed by atoms with Gasteiger partial charge in [-0.3, -0.25) is 9.59 Å². The van der Waals surface area contributed by atoms with Crippen molar-refractivity contribution in [1.82, 2.24) is 19.8 Å². The van der Waals surface area contributed by atoms with Crippen LogP contribution >= 0.6 is 11.8 Å². The van der Waals surface area contributed by atoms with Crippen molar-refractivity contribution in [2.24, 2.45) is 0 Å². The molecule has 0 saturated carbocycles. The van der Waals surface area contributed by atoms with Gasteiger partial charge in [-0.25, -0.2) is 4.68 Å². The van der Waals surface area contributed by atoms with Crippen molar-refractivity contribution in [2.75, 3.05) is 12.3 Å². The topological polar surface area (TPSA) is 81.2 Å². The van der Waals surface area contributed by atoms with Crippen LogP contribution in [0.1, 0.15) is 29.8 Å². The molecule has 5 rings (SSSR count). The first-order chi connectivity index (χ1) is 14.2. The van der Waals surface area contributed by atoms with Crippen LogP contribution in [-0.2, 0) is 29.9 Å². The van der Waals surface area contributed by atoms with Gasteiger partial charge in [0, 0.05) is 30.2 Å². The number of carbonyl (C=O) groups excluding carboxylic acids is 1. The van der Waals surface area contributed by atoms with Gasteiger partial charge in [0.2, 0.25) is 5.91 Å². The van der Waals surface area contributed by atoms with Gasteiger partial charge in [-0.05, 0) is 36.3 Å². The van der Waals surface area contributed by atoms with E-state index in [2.05, 4.69) is 10.3 Å². The summed E-state index contributed by atoms with van der Waals surface area (Å²) in [6, 6.07) is 9.28. The van der Waals surface area contributed by atoms with Crippen LogP contribution in [0.4, 0.5) is 0 Å². The van der Waals surface area contributed by atoms with Crippen molar-refractivity contribution >= 4 is 28.6 Å². The number of fused-ring (bicyclic) bond motifs is 2. The van der Waals surface area contributed by atoms with Gasteiger partial charge in [-0.2, -0.15) is 16.9 Å². The van der Waals surface area contributed by atoms with E-state index < -0.39 is 0 Å². The summed E-state index contributed by atoms with van der Waals surface area (Å²) >= 11 is 1.84. The third-order valence-electron chi connectivity index (χ3n) is 5.76. The quantitative estimate of drug-likeness (QED) is 0.657. The monoisotopic (exact) mass is 410 g/mol. The average Bonchev–Trinajstić information content (AvgIpc) is 3.36. The summed E-state index contributed by atoms with van der Waals surface area (Å²) in [7, 11) is 0. The highest BCUT2D eigenvalue weighted by Crippen LogP contribution is 2.24. The average molecular weight is 410 g/mol. The van der Waals surface area contributed by atoms with E-state index >= 15 is 0 Å². The number of hydrogen-bond donors (Lipinski definition) is 0. The number of para-hydroxylation sites is 1. The summed E-state index contributed by atoms with van der Waals surface area (Å²) in [4.78, 5) is 27.4. The molecule has 1 amide bonds. The van der Waals surface area contributed by atoms with Gasteiger partial charge in [0.1, 0.15) is 5.69 Å². The molecule has 1 atom stereocenters. The number of rotatable bonds is 4. The fraction of sp³-hybridized carbons (Fsp3) is 0.429. The van der Waals surface area contributed by atoms with Gasteiger partial charge in [0.15, 0.2) is 5.58 Å². The summed E-state index contributed by atoms with van der Waals surface area (Å²) in [6.45, 7) is 1.15. The normalized spacial score (nSPS) is 18.9. The number of hydrogen-bond acceptors (Lipinski definition) is 6. The molecule has 2 aliphatic heterocycles. The van der Waals surface area contributed by atoms with Gasteiger partial charge in [0.05, 0.1) is 24.7 Å². The second kappa shape index (κ2) is 7.67. The van der Waals surface area contributed by atoms with Gasteiger partial charge in [0.25, 0.3) is 5.56 Å². The lowest BCUT2D eigenvalue weighted by atomic mass is 10.1. The predicted molar refractivity (Wildman–Crippen MR) is 111 cm³/mol. The Labute approximate surface area is 172 Å². The summed E-state index contributed by atoms with van der Waals surface area (Å²) < 4.78 is 6.88. The van der Waals surface area contributed by atoms with E-state index in [9.17, 15) is 9.59 Å². The maximum Gasteiger partial charge on any atom is 0.267 e. The molecule has 2 aliphatic rings. The van der Waals surface area contributed by atoms with E-state index in [0.29, 0.717) is 24.4 Å². The molecule has 29 heavy (non-hydrogen) atoms. The lowest BCUT2D eigenvalue weighted by molar-refractivity contribution is -0.131. The van der Waals surface area contributed by atoms with Gasteiger partial charge < -0.3 is 9.42 Å². The minimum atomic E-state index is -0.0759. The fourth-order valence-electron chi connectivity index (χ4n) is 4.25. The molecule has 0 bridgehead atoms. The van der Waals surface area contributed by atoms with E-state index in [-0.39, 0.29) is 23.9 Å². The third-order valence-corrected chi connectivity index (χ3v) is 6.76. The van der Waals surface area contributed by atoms with Crippen molar-refractivity contribution in [3.63, 3.8) is 0 Å². The summed E-state index contributed by atoms with van der Waals surface area (Å²) in [5.41, 5.74) is 3.36. The van der Waals surface area contributed by atoms with Crippen LogP contribution in [0.15, 0.2) is 39.6 Å². The number of aryl methyl sites for hydroxylation is 1. The number of likely N-dealkylation sites (tertiary alicyclic amines) is 1. The van der Waals surface area contributed by atoms with Crippen LogP contribution in [0.2, 0.25) is 0 Å². The molecule has 1 unspecified atom stereocenters. The molecule has 8 heteroatoms. The maximum absolute atomic E-state index is 13.0. The minimum absolute atomic E-state index is 0.0121. The molecule has 3 aromatic rings. The Morgan fingerprint density at radius 3 is 3.14 bits per heavy atom. The molecule has 2 aromatic heterocycles. The van der Waals surface area contributed by atoms with Crippen LogP contribution in [0.3, 0.4) is 0 Å². The van der Waals surface area contributed by atoms with Crippen molar-refractivity contribution in [3.8, 4) is 0 Å². The first kappa shape index (κ1) is 18.4. The summed E-state index contributed by atoms with van der Waals surface area (Å²) in [5, 5.41) is 9.58. The molecule has 0 aliphatic carbocycles. The number of thioether (sulfide) groups is 1. The molecule has 1 fully saturated rings. The van der Waals surface area contributed by atoms with Crippen LogP contribution < -0.4 is 5.56 Å². The number of carbonyl (C=O) groups is 1. The van der Waals surface area contributed by atoms with E-state index in [1.807, 2.05) is 40.9 Å². The maximum atomic E-state index is 13.0. The molecule has 0 spiro atoms. The van der Waals surface area contributed by atoms with E-state index in [4.69, 9.17) is 4.52 Å². The highest BCUT2D eigenvalue weighted by atomic mass is 32.2. The van der Waals surface area contributed by atoms with Crippen molar-refractivity contribution in [3.05, 3.63) is 57.6 Å². The molecule has 150 valence electrons. The molecule has 0 radical (unpaired) electrons. The molecule has 1 saturated heterocycles. The van der Waals surface area contributed by atoms with Crippen LogP contribution in [0, 0.1) is 0 Å². The highest BCUT2D eigenvalue weighted by molar-refractivity contribution is 7.98. The lowest BCUT2D eigenvalue weighted by Crippen LogP contribution is -2.41. The first-order valence-electron chi connectivity index (χ1n) is 9.99. The second-order valence-electron chi connectivity index (χ2n) is 7.62. The fourth-order valence-corrected chi connectivity index (χ4v) is 5.20. The van der Waals surface area contributed by atoms with Gasteiger partial charge in [-0.15, -0.1) is 0 Å². The zero-order valence-electron chi connectivity index (χ0n) is 16.0.